The van der Waals surface area contributed by atoms with Gasteiger partial charge in [0.1, 0.15) is 5.76 Å². The highest BCUT2D eigenvalue weighted by atomic mass is 19.3. The second-order valence-electron chi connectivity index (χ2n) is 1.75. The molecule has 1 nitrogen and oxygen atoms in total. The molecule has 1 aromatic rings. The number of hydrogen-bond donors (Lipinski definition) is 0. The van der Waals surface area contributed by atoms with E-state index >= 15 is 0 Å². The lowest BCUT2D eigenvalue weighted by atomic mass is 10.4. The quantitative estimate of drug-likeness (QED) is 0.615. The summed E-state index contributed by atoms with van der Waals surface area (Å²) in [5, 5.41) is 0. The maximum absolute atomic E-state index is 11.7. The van der Waals surface area contributed by atoms with Crippen molar-refractivity contribution in [2.45, 2.75) is 27.2 Å². The summed E-state index contributed by atoms with van der Waals surface area (Å²) in [5.41, 5.74) is 0. The molecule has 0 atom stereocenters. The molecule has 0 spiro atoms. The molecule has 11 heavy (non-hydrogen) atoms. The molecule has 0 fully saturated rings. The van der Waals surface area contributed by atoms with Gasteiger partial charge in [-0.1, -0.05) is 13.8 Å². The lowest BCUT2D eigenvalue weighted by molar-refractivity contribution is 0.120. The molecule has 0 aliphatic carbocycles. The SMILES string of the molecule is CC.Cc1ccc(C(F)F)o1. The minimum absolute atomic E-state index is 0.257. The van der Waals surface area contributed by atoms with Crippen LogP contribution in [0.25, 0.3) is 0 Å². The van der Waals surface area contributed by atoms with Crippen LogP contribution in [-0.4, -0.2) is 0 Å². The largest absolute Gasteiger partial charge is 0.460 e. The lowest BCUT2D eigenvalue weighted by Gasteiger charge is -1.88. The van der Waals surface area contributed by atoms with Crippen LogP contribution in [0.5, 0.6) is 0 Å². The average Bonchev–Trinajstić information content (AvgIpc) is 2.40. The molecule has 0 saturated heterocycles. The van der Waals surface area contributed by atoms with Gasteiger partial charge in [-0.2, -0.15) is 0 Å². The van der Waals surface area contributed by atoms with Crippen molar-refractivity contribution in [2.24, 2.45) is 0 Å². The molecule has 1 aromatic heterocycles. The van der Waals surface area contributed by atoms with E-state index in [0.29, 0.717) is 5.76 Å². The van der Waals surface area contributed by atoms with E-state index in [1.807, 2.05) is 13.8 Å². The first-order chi connectivity index (χ1) is 5.20. The maximum Gasteiger partial charge on any atom is 0.295 e. The van der Waals surface area contributed by atoms with Crippen LogP contribution in [0, 0.1) is 6.92 Å². The highest BCUT2D eigenvalue weighted by Crippen LogP contribution is 2.20. The van der Waals surface area contributed by atoms with Gasteiger partial charge in [-0.25, -0.2) is 8.78 Å². The van der Waals surface area contributed by atoms with Crippen molar-refractivity contribution in [2.75, 3.05) is 0 Å². The van der Waals surface area contributed by atoms with Crippen molar-refractivity contribution in [3.8, 4) is 0 Å². The van der Waals surface area contributed by atoms with Crippen LogP contribution >= 0.6 is 0 Å². The molecule has 0 aliphatic rings. The number of halogens is 2. The van der Waals surface area contributed by atoms with Crippen molar-refractivity contribution < 1.29 is 13.2 Å². The van der Waals surface area contributed by atoms with Crippen LogP contribution in [0.2, 0.25) is 0 Å². The number of alkyl halides is 2. The Morgan fingerprint density at radius 1 is 1.27 bits per heavy atom. The van der Waals surface area contributed by atoms with Gasteiger partial charge < -0.3 is 4.42 Å². The predicted molar refractivity (Wildman–Crippen MR) is 39.8 cm³/mol. The van der Waals surface area contributed by atoms with Crippen molar-refractivity contribution in [1.29, 1.82) is 0 Å². The molecule has 3 heteroatoms. The van der Waals surface area contributed by atoms with E-state index in [1.165, 1.54) is 12.1 Å². The number of furan rings is 1. The Kier molecular flexibility index (Phi) is 4.50. The van der Waals surface area contributed by atoms with Gasteiger partial charge in [0.2, 0.25) is 0 Å². The van der Waals surface area contributed by atoms with Crippen LogP contribution in [0.1, 0.15) is 31.8 Å². The monoisotopic (exact) mass is 162 g/mol. The molecular formula is C8H12F2O. The summed E-state index contributed by atoms with van der Waals surface area (Å²) >= 11 is 0. The zero-order chi connectivity index (χ0) is 8.85. The Labute approximate surface area is 65.0 Å². The number of rotatable bonds is 1. The van der Waals surface area contributed by atoms with E-state index in [9.17, 15) is 8.78 Å². The molecule has 1 rings (SSSR count). The summed E-state index contributed by atoms with van der Waals surface area (Å²) in [4.78, 5) is 0. The van der Waals surface area contributed by atoms with E-state index in [4.69, 9.17) is 0 Å². The first-order valence-electron chi connectivity index (χ1n) is 3.54. The zero-order valence-corrected chi connectivity index (χ0v) is 6.90. The Bertz CT molecular complexity index is 194. The minimum atomic E-state index is -2.49. The third-order valence-corrected chi connectivity index (χ3v) is 0.976. The van der Waals surface area contributed by atoms with Crippen molar-refractivity contribution >= 4 is 0 Å². The van der Waals surface area contributed by atoms with Crippen molar-refractivity contribution in [3.05, 3.63) is 23.7 Å². The fourth-order valence-electron chi connectivity index (χ4n) is 0.571. The van der Waals surface area contributed by atoms with Gasteiger partial charge in [-0.3, -0.25) is 0 Å². The summed E-state index contributed by atoms with van der Waals surface area (Å²) in [7, 11) is 0. The molecule has 0 bridgehead atoms. The van der Waals surface area contributed by atoms with E-state index in [2.05, 4.69) is 4.42 Å². The van der Waals surface area contributed by atoms with E-state index in [0.717, 1.165) is 0 Å². The van der Waals surface area contributed by atoms with Crippen LogP contribution < -0.4 is 0 Å². The highest BCUT2D eigenvalue weighted by Gasteiger charge is 2.09. The summed E-state index contributed by atoms with van der Waals surface area (Å²) in [5.74, 6) is 0.262. The smallest absolute Gasteiger partial charge is 0.295 e. The zero-order valence-electron chi connectivity index (χ0n) is 6.90. The molecule has 0 saturated carbocycles. The van der Waals surface area contributed by atoms with Gasteiger partial charge in [0, 0.05) is 0 Å². The van der Waals surface area contributed by atoms with Gasteiger partial charge in [-0.05, 0) is 19.1 Å². The molecule has 0 aliphatic heterocycles. The van der Waals surface area contributed by atoms with E-state index < -0.39 is 6.43 Å². The normalized spacial score (nSPS) is 9.27. The van der Waals surface area contributed by atoms with Crippen molar-refractivity contribution in [1.82, 2.24) is 0 Å². The second kappa shape index (κ2) is 4.88. The summed E-state index contributed by atoms with van der Waals surface area (Å²) < 4.78 is 28.0. The van der Waals surface area contributed by atoms with E-state index in [1.54, 1.807) is 6.92 Å². The maximum atomic E-state index is 11.7. The Balaban J connectivity index is 0.000000461. The highest BCUT2D eigenvalue weighted by molar-refractivity contribution is 5.05. The van der Waals surface area contributed by atoms with Crippen LogP contribution in [0.3, 0.4) is 0 Å². The van der Waals surface area contributed by atoms with Gasteiger partial charge >= 0.3 is 0 Å². The molecular weight excluding hydrogens is 150 g/mol. The molecule has 1 heterocycles. The topological polar surface area (TPSA) is 13.1 Å². The fraction of sp³-hybridized carbons (Fsp3) is 0.500. The molecule has 0 aromatic carbocycles. The van der Waals surface area contributed by atoms with Crippen LogP contribution in [-0.2, 0) is 0 Å². The molecule has 0 unspecified atom stereocenters. The first kappa shape index (κ1) is 10.1. The Morgan fingerprint density at radius 3 is 2.00 bits per heavy atom. The fourth-order valence-corrected chi connectivity index (χ4v) is 0.571. The first-order valence-corrected chi connectivity index (χ1v) is 3.54. The minimum Gasteiger partial charge on any atom is -0.460 e. The summed E-state index contributed by atoms with van der Waals surface area (Å²) in [6.07, 6.45) is -2.49. The number of hydrogen-bond acceptors (Lipinski definition) is 1. The Morgan fingerprint density at radius 2 is 1.82 bits per heavy atom. The summed E-state index contributed by atoms with van der Waals surface area (Å²) in [6, 6.07) is 2.79. The third-order valence-electron chi connectivity index (χ3n) is 0.976. The standard InChI is InChI=1S/C6H6F2O.C2H6/c1-4-2-3-5(9-4)6(7)8;1-2/h2-3,6H,1H3;1-2H3. The molecule has 0 N–H and O–H groups in total. The summed E-state index contributed by atoms with van der Waals surface area (Å²) in [6.45, 7) is 5.63. The van der Waals surface area contributed by atoms with Crippen LogP contribution in [0.15, 0.2) is 16.5 Å². The molecule has 0 radical (unpaired) electrons. The van der Waals surface area contributed by atoms with Crippen molar-refractivity contribution in [3.63, 3.8) is 0 Å². The lowest BCUT2D eigenvalue weighted by Crippen LogP contribution is -1.75. The van der Waals surface area contributed by atoms with Gasteiger partial charge in [0.15, 0.2) is 5.76 Å². The number of aryl methyl sites for hydroxylation is 1. The molecule has 0 amide bonds. The van der Waals surface area contributed by atoms with Crippen LogP contribution in [0.4, 0.5) is 8.78 Å². The average molecular weight is 162 g/mol. The van der Waals surface area contributed by atoms with E-state index in [-0.39, 0.29) is 5.76 Å². The van der Waals surface area contributed by atoms with Gasteiger partial charge in [0.05, 0.1) is 0 Å². The molecule has 64 valence electrons. The predicted octanol–water partition coefficient (Wildman–Crippen LogP) is 3.55. The Hall–Kier alpha value is -0.860. The van der Waals surface area contributed by atoms with Gasteiger partial charge in [-0.15, -0.1) is 0 Å². The third kappa shape index (κ3) is 3.16. The second-order valence-corrected chi connectivity index (χ2v) is 1.75. The van der Waals surface area contributed by atoms with Gasteiger partial charge in [0.25, 0.3) is 6.43 Å².